The Kier molecular flexibility index (Phi) is 9.88. The number of esters is 2. The molecule has 0 N–H and O–H groups in total. The summed E-state index contributed by atoms with van der Waals surface area (Å²) in [6, 6.07) is 13.3. The van der Waals surface area contributed by atoms with Crippen LogP contribution in [0.5, 0.6) is 11.5 Å². The van der Waals surface area contributed by atoms with Crippen LogP contribution in [-0.2, 0) is 28.5 Å². The molecule has 0 saturated heterocycles. The molecule has 0 unspecified atom stereocenters. The van der Waals surface area contributed by atoms with E-state index in [0.717, 1.165) is 11.1 Å². The maximum absolute atomic E-state index is 11.8. The van der Waals surface area contributed by atoms with Gasteiger partial charge in [-0.15, -0.1) is 0 Å². The van der Waals surface area contributed by atoms with Gasteiger partial charge in [-0.2, -0.15) is 0 Å². The zero-order valence-corrected chi connectivity index (χ0v) is 19.3. The number of carbonyl (C=O) groups is 4. The fourth-order valence-corrected chi connectivity index (χ4v) is 2.69. The summed E-state index contributed by atoms with van der Waals surface area (Å²) in [5, 5.41) is 0. The van der Waals surface area contributed by atoms with Crippen molar-refractivity contribution in [3.05, 3.63) is 48.5 Å². The standard InChI is InChI=1S/C24H26O10/c1-15(31-17(3)25)13-29-23(27)33-21-9-5-19(6-10-21)20-7-11-22(12-8-20)34-24(28)30-14-16(2)32-18(4)26/h5-12,15-16H,13-14H2,1-4H3/t15-,16-/m0/s1. The van der Waals surface area contributed by atoms with Gasteiger partial charge in [0.25, 0.3) is 0 Å². The first-order valence-corrected chi connectivity index (χ1v) is 10.4. The largest absolute Gasteiger partial charge is 0.513 e. The maximum atomic E-state index is 11.8. The molecule has 2 aromatic carbocycles. The van der Waals surface area contributed by atoms with E-state index in [-0.39, 0.29) is 24.7 Å². The van der Waals surface area contributed by atoms with Crippen LogP contribution in [0, 0.1) is 0 Å². The Morgan fingerprint density at radius 1 is 0.618 bits per heavy atom. The minimum absolute atomic E-state index is 0.121. The lowest BCUT2D eigenvalue weighted by molar-refractivity contribution is -0.148. The van der Waals surface area contributed by atoms with Crippen LogP contribution in [0.4, 0.5) is 9.59 Å². The summed E-state index contributed by atoms with van der Waals surface area (Å²) >= 11 is 0. The second-order valence-electron chi connectivity index (χ2n) is 7.21. The van der Waals surface area contributed by atoms with Gasteiger partial charge in [0.05, 0.1) is 0 Å². The molecule has 2 atom stereocenters. The fourth-order valence-electron chi connectivity index (χ4n) is 2.69. The van der Waals surface area contributed by atoms with Crippen LogP contribution in [0.15, 0.2) is 48.5 Å². The van der Waals surface area contributed by atoms with Crippen molar-refractivity contribution in [3.63, 3.8) is 0 Å². The normalized spacial score (nSPS) is 12.0. The fraction of sp³-hybridized carbons (Fsp3) is 0.333. The maximum Gasteiger partial charge on any atom is 0.513 e. The number of carbonyl (C=O) groups excluding carboxylic acids is 4. The van der Waals surface area contributed by atoms with Crippen molar-refractivity contribution < 1.29 is 47.6 Å². The molecule has 0 aliphatic heterocycles. The average Bonchev–Trinajstić information content (AvgIpc) is 2.76. The van der Waals surface area contributed by atoms with Crippen molar-refractivity contribution in [2.24, 2.45) is 0 Å². The van der Waals surface area contributed by atoms with Crippen LogP contribution >= 0.6 is 0 Å². The molecule has 0 aromatic heterocycles. The molecule has 0 fully saturated rings. The molecule has 10 nitrogen and oxygen atoms in total. The molecular weight excluding hydrogens is 448 g/mol. The van der Waals surface area contributed by atoms with Crippen molar-refractivity contribution in [1.29, 1.82) is 0 Å². The van der Waals surface area contributed by atoms with E-state index in [0.29, 0.717) is 0 Å². The van der Waals surface area contributed by atoms with E-state index in [1.807, 2.05) is 0 Å². The molecule has 0 aliphatic carbocycles. The van der Waals surface area contributed by atoms with Crippen molar-refractivity contribution >= 4 is 24.2 Å². The first kappa shape index (κ1) is 26.2. The van der Waals surface area contributed by atoms with Gasteiger partial charge in [-0.05, 0) is 49.2 Å². The highest BCUT2D eigenvalue weighted by Gasteiger charge is 2.13. The van der Waals surface area contributed by atoms with Crippen LogP contribution in [0.3, 0.4) is 0 Å². The van der Waals surface area contributed by atoms with Gasteiger partial charge >= 0.3 is 24.2 Å². The van der Waals surface area contributed by atoms with Gasteiger partial charge in [0.15, 0.2) is 0 Å². The monoisotopic (exact) mass is 474 g/mol. The van der Waals surface area contributed by atoms with Gasteiger partial charge in [0, 0.05) is 13.8 Å². The van der Waals surface area contributed by atoms with E-state index in [1.54, 1.807) is 62.4 Å². The summed E-state index contributed by atoms with van der Waals surface area (Å²) in [5.41, 5.74) is 1.65. The van der Waals surface area contributed by atoms with E-state index >= 15 is 0 Å². The molecule has 10 heteroatoms. The summed E-state index contributed by atoms with van der Waals surface area (Å²) in [4.78, 5) is 45.2. The molecule has 34 heavy (non-hydrogen) atoms. The zero-order valence-electron chi connectivity index (χ0n) is 19.3. The minimum Gasteiger partial charge on any atom is -0.459 e. The van der Waals surface area contributed by atoms with E-state index in [2.05, 4.69) is 0 Å². The van der Waals surface area contributed by atoms with Gasteiger partial charge in [-0.3, -0.25) is 9.59 Å². The number of ether oxygens (including phenoxy) is 6. The lowest BCUT2D eigenvalue weighted by atomic mass is 10.1. The predicted octanol–water partition coefficient (Wildman–Crippen LogP) is 4.29. The van der Waals surface area contributed by atoms with Gasteiger partial charge in [-0.25, -0.2) is 9.59 Å². The second kappa shape index (κ2) is 12.8. The predicted molar refractivity (Wildman–Crippen MR) is 118 cm³/mol. The van der Waals surface area contributed by atoms with Gasteiger partial charge in [0.2, 0.25) is 0 Å². The van der Waals surface area contributed by atoms with E-state index in [9.17, 15) is 19.2 Å². The van der Waals surface area contributed by atoms with Crippen LogP contribution in [0.1, 0.15) is 27.7 Å². The first-order valence-electron chi connectivity index (χ1n) is 10.4. The van der Waals surface area contributed by atoms with E-state index < -0.39 is 36.5 Å². The lowest BCUT2D eigenvalue weighted by Crippen LogP contribution is -2.22. The Morgan fingerprint density at radius 3 is 1.24 bits per heavy atom. The summed E-state index contributed by atoms with van der Waals surface area (Å²) in [6.07, 6.45) is -2.99. The number of hydrogen-bond acceptors (Lipinski definition) is 10. The van der Waals surface area contributed by atoms with E-state index in [4.69, 9.17) is 28.4 Å². The molecule has 182 valence electrons. The zero-order chi connectivity index (χ0) is 25.1. The topological polar surface area (TPSA) is 124 Å². The minimum atomic E-state index is -0.914. The van der Waals surface area contributed by atoms with Crippen LogP contribution < -0.4 is 9.47 Å². The molecular formula is C24H26O10. The van der Waals surface area contributed by atoms with Crippen LogP contribution in [0.2, 0.25) is 0 Å². The SMILES string of the molecule is CC(=O)O[C@@H](C)COC(=O)Oc1ccc(-c2ccc(OC(=O)OC[C@H](C)OC(C)=O)cc2)cc1. The summed E-state index contributed by atoms with van der Waals surface area (Å²) in [7, 11) is 0. The third-order valence-corrected chi connectivity index (χ3v) is 4.05. The number of benzene rings is 2. The molecule has 0 amide bonds. The molecule has 0 bridgehead atoms. The Morgan fingerprint density at radius 2 is 0.941 bits per heavy atom. The molecule has 2 rings (SSSR count). The van der Waals surface area contributed by atoms with Crippen molar-refractivity contribution in [2.75, 3.05) is 13.2 Å². The summed E-state index contributed by atoms with van der Waals surface area (Å²) in [5.74, 6) is -0.380. The third-order valence-electron chi connectivity index (χ3n) is 4.05. The van der Waals surface area contributed by atoms with Gasteiger partial charge in [0.1, 0.15) is 36.9 Å². The quantitative estimate of drug-likeness (QED) is 0.295. The molecule has 0 aliphatic rings. The number of hydrogen-bond donors (Lipinski definition) is 0. The molecule has 2 aromatic rings. The van der Waals surface area contributed by atoms with Crippen LogP contribution in [0.25, 0.3) is 11.1 Å². The summed E-state index contributed by atoms with van der Waals surface area (Å²) < 4.78 is 29.7. The first-order chi connectivity index (χ1) is 16.1. The molecule has 0 heterocycles. The van der Waals surface area contributed by atoms with Crippen molar-refractivity contribution in [3.8, 4) is 22.6 Å². The molecule has 0 saturated carbocycles. The molecule has 0 spiro atoms. The third kappa shape index (κ3) is 9.60. The van der Waals surface area contributed by atoms with Crippen LogP contribution in [-0.4, -0.2) is 49.7 Å². The van der Waals surface area contributed by atoms with Crippen molar-refractivity contribution in [1.82, 2.24) is 0 Å². The highest BCUT2D eigenvalue weighted by Crippen LogP contribution is 2.25. The Hall–Kier alpha value is -4.08. The number of rotatable bonds is 9. The Balaban J connectivity index is 1.83. The van der Waals surface area contributed by atoms with Gasteiger partial charge in [-0.1, -0.05) is 24.3 Å². The van der Waals surface area contributed by atoms with E-state index in [1.165, 1.54) is 13.8 Å². The summed E-state index contributed by atoms with van der Waals surface area (Å²) in [6.45, 7) is 5.47. The lowest BCUT2D eigenvalue weighted by Gasteiger charge is -2.12. The average molecular weight is 474 g/mol. The Bertz CT molecular complexity index is 900. The smallest absolute Gasteiger partial charge is 0.459 e. The molecule has 0 radical (unpaired) electrons. The van der Waals surface area contributed by atoms with Gasteiger partial charge < -0.3 is 28.4 Å². The second-order valence-corrected chi connectivity index (χ2v) is 7.21. The van der Waals surface area contributed by atoms with Crippen molar-refractivity contribution in [2.45, 2.75) is 39.9 Å². The highest BCUT2D eigenvalue weighted by molar-refractivity contribution is 5.69. The highest BCUT2D eigenvalue weighted by atomic mass is 16.7. The Labute approximate surface area is 196 Å².